The van der Waals surface area contributed by atoms with Crippen LogP contribution in [0.5, 0.6) is 0 Å². The summed E-state index contributed by atoms with van der Waals surface area (Å²) in [4.78, 5) is 27.4. The fourth-order valence-electron chi connectivity index (χ4n) is 4.17. The number of esters is 1. The zero-order valence-electron chi connectivity index (χ0n) is 19.9. The molecule has 0 spiro atoms. The molecule has 0 radical (unpaired) electrons. The summed E-state index contributed by atoms with van der Waals surface area (Å²) in [5.41, 5.74) is 3.11. The van der Waals surface area contributed by atoms with Gasteiger partial charge in [0.2, 0.25) is 0 Å². The van der Waals surface area contributed by atoms with E-state index in [1.54, 1.807) is 11.3 Å². The van der Waals surface area contributed by atoms with Gasteiger partial charge >= 0.3 is 5.97 Å². The summed E-state index contributed by atoms with van der Waals surface area (Å²) < 4.78 is 6.07. The zero-order valence-corrected chi connectivity index (χ0v) is 21.5. The number of benzene rings is 1. The van der Waals surface area contributed by atoms with Crippen molar-refractivity contribution in [2.24, 2.45) is 5.92 Å². The maximum atomic E-state index is 13.3. The predicted molar refractivity (Wildman–Crippen MR) is 131 cm³/mol. The Morgan fingerprint density at radius 1 is 1.28 bits per heavy atom. The van der Waals surface area contributed by atoms with Gasteiger partial charge in [0, 0.05) is 11.3 Å². The van der Waals surface area contributed by atoms with E-state index < -0.39 is 16.8 Å². The molecule has 2 aromatic rings. The van der Waals surface area contributed by atoms with Crippen molar-refractivity contribution in [1.29, 1.82) is 0 Å². The van der Waals surface area contributed by atoms with Gasteiger partial charge in [-0.2, -0.15) is 11.3 Å². The minimum absolute atomic E-state index is 0.0364. The van der Waals surface area contributed by atoms with E-state index in [-0.39, 0.29) is 30.1 Å². The maximum absolute atomic E-state index is 13.3. The summed E-state index contributed by atoms with van der Waals surface area (Å²) in [5.74, 6) is -0.445. The van der Waals surface area contributed by atoms with Crippen molar-refractivity contribution in [3.63, 3.8) is 0 Å². The second kappa shape index (κ2) is 9.70. The molecule has 2 atom stereocenters. The number of carbonyl (C=O) groups excluding carboxylic acids is 2. The molecule has 2 heterocycles. The van der Waals surface area contributed by atoms with Crippen molar-refractivity contribution in [2.75, 3.05) is 0 Å². The van der Waals surface area contributed by atoms with Gasteiger partial charge in [0.15, 0.2) is 11.0 Å². The first-order chi connectivity index (χ1) is 15.0. The van der Waals surface area contributed by atoms with Crippen LogP contribution in [0.4, 0.5) is 0 Å². The van der Waals surface area contributed by atoms with Crippen LogP contribution in [-0.4, -0.2) is 27.7 Å². The SMILES string of the molecule is Cc1cc(SC2C(=O)C[C@](CCc3ccsc3)(C(C)C)OC2=O)c(C(C)(C)C)cc1CO. The summed E-state index contributed by atoms with van der Waals surface area (Å²) in [6.07, 6.45) is 1.68. The van der Waals surface area contributed by atoms with E-state index in [1.807, 2.05) is 38.3 Å². The van der Waals surface area contributed by atoms with Crippen molar-refractivity contribution in [3.05, 3.63) is 51.2 Å². The van der Waals surface area contributed by atoms with Gasteiger partial charge in [-0.1, -0.05) is 40.7 Å². The van der Waals surface area contributed by atoms with Crippen LogP contribution in [0.2, 0.25) is 0 Å². The highest BCUT2D eigenvalue weighted by Gasteiger charge is 2.49. The smallest absolute Gasteiger partial charge is 0.327 e. The Hall–Kier alpha value is -1.63. The number of thiophene rings is 1. The summed E-state index contributed by atoms with van der Waals surface area (Å²) in [6, 6.07) is 6.06. The number of hydrogen-bond donors (Lipinski definition) is 1. The molecule has 0 aliphatic carbocycles. The number of ketones is 1. The molecule has 1 aromatic carbocycles. The van der Waals surface area contributed by atoms with E-state index >= 15 is 0 Å². The highest BCUT2D eigenvalue weighted by atomic mass is 32.2. The van der Waals surface area contributed by atoms with Crippen LogP contribution in [0.25, 0.3) is 0 Å². The first-order valence-electron chi connectivity index (χ1n) is 11.1. The Morgan fingerprint density at radius 3 is 2.53 bits per heavy atom. The third kappa shape index (κ3) is 5.29. The van der Waals surface area contributed by atoms with Crippen molar-refractivity contribution < 1.29 is 19.4 Å². The monoisotopic (exact) mass is 474 g/mol. The van der Waals surface area contributed by atoms with Crippen LogP contribution >= 0.6 is 23.1 Å². The molecule has 1 aliphatic heterocycles. The van der Waals surface area contributed by atoms with E-state index in [0.717, 1.165) is 28.0 Å². The number of thioether (sulfide) groups is 1. The van der Waals surface area contributed by atoms with Gasteiger partial charge in [-0.05, 0) is 76.2 Å². The fraction of sp³-hybridized carbons (Fsp3) is 0.538. The van der Waals surface area contributed by atoms with Gasteiger partial charge in [0.25, 0.3) is 0 Å². The molecule has 0 amide bonds. The number of cyclic esters (lactones) is 1. The lowest BCUT2D eigenvalue weighted by Crippen LogP contribution is -2.52. The van der Waals surface area contributed by atoms with Gasteiger partial charge < -0.3 is 9.84 Å². The van der Waals surface area contributed by atoms with Crippen LogP contribution in [0.15, 0.2) is 33.9 Å². The standard InChI is InChI=1S/C26H34O4S2/c1-16(2)26(9-7-18-8-10-31-15-18)13-21(28)23(24(29)30-26)32-22-11-17(3)19(14-27)12-20(22)25(4,5)6/h8,10-12,15-16,23,27H,7,9,13-14H2,1-6H3/t23?,26-/m1/s1. The molecule has 0 bridgehead atoms. The summed E-state index contributed by atoms with van der Waals surface area (Å²) >= 11 is 2.94. The normalized spacial score (nSPS) is 21.8. The van der Waals surface area contributed by atoms with Gasteiger partial charge in [0.05, 0.1) is 6.61 Å². The van der Waals surface area contributed by atoms with E-state index in [0.29, 0.717) is 6.42 Å². The Bertz CT molecular complexity index is 952. The lowest BCUT2D eigenvalue weighted by atomic mass is 9.78. The Morgan fingerprint density at radius 2 is 2.00 bits per heavy atom. The number of hydrogen-bond acceptors (Lipinski definition) is 6. The van der Waals surface area contributed by atoms with Crippen molar-refractivity contribution in [3.8, 4) is 0 Å². The lowest BCUT2D eigenvalue weighted by Gasteiger charge is -2.41. The Balaban J connectivity index is 1.85. The van der Waals surface area contributed by atoms with Crippen molar-refractivity contribution in [2.45, 2.75) is 88.6 Å². The predicted octanol–water partition coefficient (Wildman–Crippen LogP) is 5.85. The van der Waals surface area contributed by atoms with Crippen molar-refractivity contribution >= 4 is 34.9 Å². The molecular formula is C26H34O4S2. The number of carbonyl (C=O) groups is 2. The average Bonchev–Trinajstić information content (AvgIpc) is 3.22. The quantitative estimate of drug-likeness (QED) is 0.403. The van der Waals surface area contributed by atoms with Crippen molar-refractivity contribution in [1.82, 2.24) is 0 Å². The molecule has 3 rings (SSSR count). The number of aliphatic hydroxyl groups is 1. The van der Waals surface area contributed by atoms with Gasteiger partial charge in [0.1, 0.15) is 5.60 Å². The highest BCUT2D eigenvalue weighted by molar-refractivity contribution is 8.01. The van der Waals surface area contributed by atoms with Crippen LogP contribution in [0.1, 0.15) is 69.7 Å². The molecule has 6 heteroatoms. The number of ether oxygens (including phenoxy) is 1. The minimum atomic E-state index is -0.858. The molecule has 0 saturated carbocycles. The van der Waals surface area contributed by atoms with E-state index in [1.165, 1.54) is 17.3 Å². The highest BCUT2D eigenvalue weighted by Crippen LogP contribution is 2.42. The largest absolute Gasteiger partial charge is 0.457 e. The molecule has 1 N–H and O–H groups in total. The average molecular weight is 475 g/mol. The number of rotatable bonds is 7. The summed E-state index contributed by atoms with van der Waals surface area (Å²) in [7, 11) is 0. The third-order valence-corrected chi connectivity index (χ3v) is 8.43. The molecule has 32 heavy (non-hydrogen) atoms. The van der Waals surface area contributed by atoms with Gasteiger partial charge in [-0.25, -0.2) is 0 Å². The minimum Gasteiger partial charge on any atom is -0.457 e. The molecule has 1 saturated heterocycles. The van der Waals surface area contributed by atoms with Crippen LogP contribution < -0.4 is 0 Å². The maximum Gasteiger partial charge on any atom is 0.327 e. The molecule has 4 nitrogen and oxygen atoms in total. The van der Waals surface area contributed by atoms with E-state index in [9.17, 15) is 14.7 Å². The third-order valence-electron chi connectivity index (χ3n) is 6.41. The first kappa shape index (κ1) is 25.0. The topological polar surface area (TPSA) is 63.6 Å². The van der Waals surface area contributed by atoms with Crippen LogP contribution in [0.3, 0.4) is 0 Å². The summed E-state index contributed by atoms with van der Waals surface area (Å²) in [5, 5.41) is 13.0. The van der Waals surface area contributed by atoms with Gasteiger partial charge in [-0.3, -0.25) is 9.59 Å². The van der Waals surface area contributed by atoms with Gasteiger partial charge in [-0.15, -0.1) is 11.8 Å². The fourth-order valence-corrected chi connectivity index (χ4v) is 6.22. The van der Waals surface area contributed by atoms with Crippen LogP contribution in [-0.2, 0) is 32.8 Å². The lowest BCUT2D eigenvalue weighted by molar-refractivity contribution is -0.176. The zero-order chi connectivity index (χ0) is 23.7. The van der Waals surface area contributed by atoms with E-state index in [2.05, 4.69) is 32.2 Å². The molecule has 174 valence electrons. The first-order valence-corrected chi connectivity index (χ1v) is 13.0. The Kier molecular flexibility index (Phi) is 7.58. The molecule has 1 fully saturated rings. The molecule has 1 unspecified atom stereocenters. The van der Waals surface area contributed by atoms with E-state index in [4.69, 9.17) is 4.74 Å². The Labute approximate surface area is 199 Å². The molecule has 1 aromatic heterocycles. The number of Topliss-reactive ketones (excluding diaryl/α,β-unsaturated/α-hetero) is 1. The molecule has 1 aliphatic rings. The summed E-state index contributed by atoms with van der Waals surface area (Å²) in [6.45, 7) is 12.2. The second-order valence-corrected chi connectivity index (χ2v) is 12.0. The number of aryl methyl sites for hydroxylation is 2. The number of aliphatic hydroxyl groups excluding tert-OH is 1. The molecular weight excluding hydrogens is 440 g/mol. The second-order valence-electron chi connectivity index (χ2n) is 10.1. The van der Waals surface area contributed by atoms with Crippen LogP contribution in [0, 0.1) is 12.8 Å².